The van der Waals surface area contributed by atoms with Crippen LogP contribution < -0.4 is 4.74 Å². The molecule has 20 heavy (non-hydrogen) atoms. The SMILES string of the molecule is COc1ccc2c(c1)C[C@H](C)N1C(=O)C(=O)N(C)C[C@H]21. The molecule has 3 rings (SSSR count). The number of nitrogens with zero attached hydrogens (tertiary/aromatic N) is 2. The molecule has 0 saturated carbocycles. The fraction of sp³-hybridized carbons (Fsp3) is 0.467. The van der Waals surface area contributed by atoms with Crippen molar-refractivity contribution in [3.8, 4) is 5.75 Å². The van der Waals surface area contributed by atoms with Crippen molar-refractivity contribution in [2.24, 2.45) is 0 Å². The molecule has 0 aromatic heterocycles. The number of hydrogen-bond donors (Lipinski definition) is 0. The summed E-state index contributed by atoms with van der Waals surface area (Å²) < 4.78 is 5.27. The Morgan fingerprint density at radius 1 is 1.25 bits per heavy atom. The third-order valence-corrected chi connectivity index (χ3v) is 4.25. The number of piperazine rings is 1. The summed E-state index contributed by atoms with van der Waals surface area (Å²) in [5.74, 6) is 0.0266. The summed E-state index contributed by atoms with van der Waals surface area (Å²) >= 11 is 0. The van der Waals surface area contributed by atoms with E-state index in [4.69, 9.17) is 4.74 Å². The minimum absolute atomic E-state index is 0.0322. The van der Waals surface area contributed by atoms with Crippen LogP contribution in [0.25, 0.3) is 0 Å². The van der Waals surface area contributed by atoms with Gasteiger partial charge in [-0.1, -0.05) is 6.07 Å². The van der Waals surface area contributed by atoms with Gasteiger partial charge < -0.3 is 14.5 Å². The van der Waals surface area contributed by atoms with Gasteiger partial charge in [0.05, 0.1) is 13.2 Å². The van der Waals surface area contributed by atoms with Gasteiger partial charge in [-0.2, -0.15) is 0 Å². The van der Waals surface area contributed by atoms with Crippen LogP contribution in [0.4, 0.5) is 0 Å². The monoisotopic (exact) mass is 274 g/mol. The number of methoxy groups -OCH3 is 1. The zero-order valence-corrected chi connectivity index (χ0v) is 11.9. The van der Waals surface area contributed by atoms with Crippen molar-refractivity contribution >= 4 is 11.8 Å². The maximum absolute atomic E-state index is 12.2. The summed E-state index contributed by atoms with van der Waals surface area (Å²) in [7, 11) is 3.33. The Hall–Kier alpha value is -2.04. The van der Waals surface area contributed by atoms with E-state index in [9.17, 15) is 9.59 Å². The van der Waals surface area contributed by atoms with Gasteiger partial charge in [0.1, 0.15) is 5.75 Å². The summed E-state index contributed by atoms with van der Waals surface area (Å²) in [4.78, 5) is 27.3. The number of amides is 2. The van der Waals surface area contributed by atoms with Crippen molar-refractivity contribution < 1.29 is 14.3 Å². The molecular formula is C15H18N2O3. The Labute approximate surface area is 118 Å². The molecule has 5 heteroatoms. The Balaban J connectivity index is 2.06. The van der Waals surface area contributed by atoms with Crippen molar-refractivity contribution in [1.82, 2.24) is 9.80 Å². The average molecular weight is 274 g/mol. The Morgan fingerprint density at radius 3 is 2.70 bits per heavy atom. The first-order valence-electron chi connectivity index (χ1n) is 6.77. The largest absolute Gasteiger partial charge is 0.497 e. The summed E-state index contributed by atoms with van der Waals surface area (Å²) in [6.45, 7) is 2.54. The second kappa shape index (κ2) is 4.51. The van der Waals surface area contributed by atoms with E-state index < -0.39 is 11.8 Å². The van der Waals surface area contributed by atoms with E-state index in [1.165, 1.54) is 10.5 Å². The second-order valence-corrected chi connectivity index (χ2v) is 5.53. The molecule has 0 radical (unpaired) electrons. The smallest absolute Gasteiger partial charge is 0.312 e. The molecule has 1 aromatic rings. The fourth-order valence-corrected chi connectivity index (χ4v) is 3.23. The molecule has 106 valence electrons. The van der Waals surface area contributed by atoms with Crippen molar-refractivity contribution in [2.75, 3.05) is 20.7 Å². The maximum Gasteiger partial charge on any atom is 0.312 e. The van der Waals surface area contributed by atoms with Crippen molar-refractivity contribution in [3.63, 3.8) is 0 Å². The third kappa shape index (κ3) is 1.77. The fourth-order valence-electron chi connectivity index (χ4n) is 3.23. The maximum atomic E-state index is 12.2. The Kier molecular flexibility index (Phi) is 2.92. The molecule has 5 nitrogen and oxygen atoms in total. The number of ether oxygens (including phenoxy) is 1. The third-order valence-electron chi connectivity index (χ3n) is 4.25. The zero-order valence-electron chi connectivity index (χ0n) is 11.9. The van der Waals surface area contributed by atoms with Crippen LogP contribution >= 0.6 is 0 Å². The van der Waals surface area contributed by atoms with Crippen LogP contribution in [-0.4, -0.2) is 48.4 Å². The highest BCUT2D eigenvalue weighted by molar-refractivity contribution is 6.35. The van der Waals surface area contributed by atoms with Crippen LogP contribution in [-0.2, 0) is 16.0 Å². The normalized spacial score (nSPS) is 25.4. The van der Waals surface area contributed by atoms with Crippen LogP contribution in [0.15, 0.2) is 18.2 Å². The van der Waals surface area contributed by atoms with Gasteiger partial charge in [-0.05, 0) is 36.6 Å². The van der Waals surface area contributed by atoms with E-state index in [0.717, 1.165) is 17.7 Å². The van der Waals surface area contributed by atoms with E-state index in [1.54, 1.807) is 19.1 Å². The molecule has 2 amide bonds. The molecule has 2 aliphatic heterocycles. The van der Waals surface area contributed by atoms with Gasteiger partial charge in [-0.3, -0.25) is 9.59 Å². The molecule has 2 aliphatic rings. The summed E-state index contributed by atoms with van der Waals surface area (Å²) in [6.07, 6.45) is 0.756. The topological polar surface area (TPSA) is 49.9 Å². The molecule has 0 bridgehead atoms. The standard InChI is InChI=1S/C15H18N2O3/c1-9-6-10-7-11(20-3)4-5-12(10)13-8-16(2)14(18)15(19)17(9)13/h4-5,7,9,13H,6,8H2,1-3H3/t9-,13+/m0/s1. The molecule has 2 atom stereocenters. The molecule has 0 N–H and O–H groups in total. The minimum Gasteiger partial charge on any atom is -0.497 e. The molecule has 0 unspecified atom stereocenters. The van der Waals surface area contributed by atoms with Gasteiger partial charge >= 0.3 is 11.8 Å². The number of benzene rings is 1. The Bertz CT molecular complexity index is 584. The number of likely N-dealkylation sites (N-methyl/N-ethyl adjacent to an activating group) is 1. The van der Waals surface area contributed by atoms with Crippen LogP contribution in [0, 0.1) is 0 Å². The van der Waals surface area contributed by atoms with Gasteiger partial charge in [0.2, 0.25) is 0 Å². The quantitative estimate of drug-likeness (QED) is 0.717. The molecule has 0 aliphatic carbocycles. The Morgan fingerprint density at radius 2 is 2.00 bits per heavy atom. The lowest BCUT2D eigenvalue weighted by Gasteiger charge is -2.46. The summed E-state index contributed by atoms with van der Waals surface area (Å²) in [5.41, 5.74) is 2.32. The van der Waals surface area contributed by atoms with E-state index in [2.05, 4.69) is 0 Å². The average Bonchev–Trinajstić information content (AvgIpc) is 2.43. The molecule has 1 fully saturated rings. The molecule has 0 spiro atoms. The number of fused-ring (bicyclic) bond motifs is 3. The van der Waals surface area contributed by atoms with E-state index in [1.807, 2.05) is 25.1 Å². The van der Waals surface area contributed by atoms with Gasteiger partial charge in [0, 0.05) is 19.6 Å². The van der Waals surface area contributed by atoms with Gasteiger partial charge in [-0.15, -0.1) is 0 Å². The molecular weight excluding hydrogens is 256 g/mol. The summed E-state index contributed by atoms with van der Waals surface area (Å²) in [5, 5.41) is 0. The number of carbonyl (C=O) groups excluding carboxylic acids is 2. The highest BCUT2D eigenvalue weighted by Crippen LogP contribution is 2.37. The highest BCUT2D eigenvalue weighted by atomic mass is 16.5. The lowest BCUT2D eigenvalue weighted by molar-refractivity contribution is -0.160. The number of carbonyl (C=O) groups is 2. The highest BCUT2D eigenvalue weighted by Gasteiger charge is 2.43. The van der Waals surface area contributed by atoms with Gasteiger partial charge in [0.15, 0.2) is 0 Å². The van der Waals surface area contributed by atoms with Crippen LogP contribution in [0.2, 0.25) is 0 Å². The van der Waals surface area contributed by atoms with Crippen LogP contribution in [0.1, 0.15) is 24.1 Å². The second-order valence-electron chi connectivity index (χ2n) is 5.53. The predicted molar refractivity (Wildman–Crippen MR) is 73.4 cm³/mol. The van der Waals surface area contributed by atoms with Crippen molar-refractivity contribution in [3.05, 3.63) is 29.3 Å². The first-order valence-corrected chi connectivity index (χ1v) is 6.77. The molecule has 1 aromatic carbocycles. The van der Waals surface area contributed by atoms with Crippen molar-refractivity contribution in [1.29, 1.82) is 0 Å². The first-order chi connectivity index (χ1) is 9.52. The van der Waals surface area contributed by atoms with Crippen LogP contribution in [0.5, 0.6) is 5.75 Å². The first kappa shape index (κ1) is 13.0. The van der Waals surface area contributed by atoms with Gasteiger partial charge in [0.25, 0.3) is 0 Å². The lowest BCUT2D eigenvalue weighted by Crippen LogP contribution is -2.59. The lowest BCUT2D eigenvalue weighted by atomic mass is 9.87. The summed E-state index contributed by atoms with van der Waals surface area (Å²) in [6, 6.07) is 5.94. The minimum atomic E-state index is -0.412. The zero-order chi connectivity index (χ0) is 14.4. The number of hydrogen-bond acceptors (Lipinski definition) is 3. The van der Waals surface area contributed by atoms with E-state index >= 15 is 0 Å². The number of rotatable bonds is 1. The van der Waals surface area contributed by atoms with Crippen LogP contribution in [0.3, 0.4) is 0 Å². The predicted octanol–water partition coefficient (Wildman–Crippen LogP) is 0.982. The van der Waals surface area contributed by atoms with Gasteiger partial charge in [-0.25, -0.2) is 0 Å². The molecule has 1 saturated heterocycles. The molecule has 2 heterocycles. The van der Waals surface area contributed by atoms with E-state index in [0.29, 0.717) is 6.54 Å². The van der Waals surface area contributed by atoms with E-state index in [-0.39, 0.29) is 12.1 Å². The van der Waals surface area contributed by atoms with Crippen molar-refractivity contribution in [2.45, 2.75) is 25.4 Å².